The first kappa shape index (κ1) is 11.3. The molecule has 2 unspecified atom stereocenters. The van der Waals surface area contributed by atoms with Gasteiger partial charge >= 0.3 is 0 Å². The molecule has 0 spiro atoms. The molecule has 0 aromatic heterocycles. The van der Waals surface area contributed by atoms with Gasteiger partial charge in [0.2, 0.25) is 0 Å². The number of aliphatic hydroxyl groups is 1. The molecule has 1 aliphatic heterocycles. The van der Waals surface area contributed by atoms with Crippen LogP contribution in [0, 0.1) is 0 Å². The minimum Gasteiger partial charge on any atom is -0.394 e. The highest BCUT2D eigenvalue weighted by molar-refractivity contribution is 7.99. The van der Waals surface area contributed by atoms with Crippen LogP contribution in [0.1, 0.15) is 33.1 Å². The van der Waals surface area contributed by atoms with Crippen LogP contribution in [0.4, 0.5) is 0 Å². The van der Waals surface area contributed by atoms with Crippen LogP contribution in [0.25, 0.3) is 0 Å². The Morgan fingerprint density at radius 2 is 2.38 bits per heavy atom. The Bertz CT molecular complexity index is 146. The van der Waals surface area contributed by atoms with Gasteiger partial charge in [0.15, 0.2) is 0 Å². The highest BCUT2D eigenvalue weighted by Gasteiger charge is 2.32. The van der Waals surface area contributed by atoms with Crippen LogP contribution in [0.3, 0.4) is 0 Å². The highest BCUT2D eigenvalue weighted by atomic mass is 32.2. The molecule has 0 amide bonds. The van der Waals surface area contributed by atoms with E-state index in [9.17, 15) is 5.11 Å². The minimum absolute atomic E-state index is 0.0122. The van der Waals surface area contributed by atoms with E-state index in [1.807, 2.05) is 11.8 Å². The second-order valence-electron chi connectivity index (χ2n) is 4.05. The number of aliphatic hydroxyl groups excluding tert-OH is 1. The van der Waals surface area contributed by atoms with Crippen molar-refractivity contribution in [1.29, 1.82) is 0 Å². The predicted molar refractivity (Wildman–Crippen MR) is 59.3 cm³/mol. The maximum absolute atomic E-state index is 9.41. The van der Waals surface area contributed by atoms with Crippen LogP contribution in [-0.2, 0) is 0 Å². The lowest BCUT2D eigenvalue weighted by Crippen LogP contribution is -2.55. The third-order valence-corrected chi connectivity index (χ3v) is 4.12. The molecule has 3 heteroatoms. The molecule has 1 heterocycles. The monoisotopic (exact) mass is 203 g/mol. The fraction of sp³-hybridized carbons (Fsp3) is 1.00. The fourth-order valence-corrected chi connectivity index (χ4v) is 2.96. The molecule has 1 fully saturated rings. The number of rotatable bonds is 4. The van der Waals surface area contributed by atoms with Gasteiger partial charge in [0, 0.05) is 11.8 Å². The Morgan fingerprint density at radius 1 is 1.62 bits per heavy atom. The molecule has 0 aromatic carbocycles. The first-order valence-electron chi connectivity index (χ1n) is 5.19. The van der Waals surface area contributed by atoms with E-state index in [4.69, 9.17) is 0 Å². The van der Waals surface area contributed by atoms with Gasteiger partial charge in [-0.3, -0.25) is 0 Å². The zero-order chi connectivity index (χ0) is 9.73. The summed E-state index contributed by atoms with van der Waals surface area (Å²) in [7, 11) is 0. The Balaban J connectivity index is 2.47. The molecule has 0 bridgehead atoms. The molecule has 0 aromatic rings. The van der Waals surface area contributed by atoms with Crippen molar-refractivity contribution >= 4 is 11.8 Å². The first-order valence-corrected chi connectivity index (χ1v) is 6.34. The molecular formula is C10H21NOS. The van der Waals surface area contributed by atoms with Gasteiger partial charge in [0.25, 0.3) is 0 Å². The number of hydrogen-bond acceptors (Lipinski definition) is 3. The highest BCUT2D eigenvalue weighted by Crippen LogP contribution is 2.27. The van der Waals surface area contributed by atoms with Crippen LogP contribution in [0.15, 0.2) is 0 Å². The van der Waals surface area contributed by atoms with Crippen molar-refractivity contribution in [2.24, 2.45) is 0 Å². The summed E-state index contributed by atoms with van der Waals surface area (Å²) < 4.78 is 0. The largest absolute Gasteiger partial charge is 0.394 e. The Hall–Kier alpha value is 0.270. The summed E-state index contributed by atoms with van der Waals surface area (Å²) in [5, 5.41) is 13.0. The molecule has 0 radical (unpaired) electrons. The van der Waals surface area contributed by atoms with Gasteiger partial charge in [-0.15, -0.1) is 0 Å². The van der Waals surface area contributed by atoms with E-state index >= 15 is 0 Å². The Kier molecular flexibility index (Phi) is 4.56. The van der Waals surface area contributed by atoms with Crippen molar-refractivity contribution in [3.63, 3.8) is 0 Å². The van der Waals surface area contributed by atoms with E-state index in [1.54, 1.807) is 0 Å². The van der Waals surface area contributed by atoms with Crippen LogP contribution in [-0.4, -0.2) is 34.8 Å². The molecular weight excluding hydrogens is 182 g/mol. The van der Waals surface area contributed by atoms with Gasteiger partial charge in [0.05, 0.1) is 12.1 Å². The second kappa shape index (κ2) is 5.23. The molecule has 2 N–H and O–H groups in total. The summed E-state index contributed by atoms with van der Waals surface area (Å²) >= 11 is 1.96. The summed E-state index contributed by atoms with van der Waals surface area (Å²) in [4.78, 5) is 0. The maximum atomic E-state index is 9.41. The average Bonchev–Trinajstić information content (AvgIpc) is 2.19. The zero-order valence-corrected chi connectivity index (χ0v) is 9.49. The van der Waals surface area contributed by atoms with Gasteiger partial charge in [0.1, 0.15) is 0 Å². The van der Waals surface area contributed by atoms with E-state index in [2.05, 4.69) is 19.2 Å². The van der Waals surface area contributed by atoms with E-state index < -0.39 is 0 Å². The van der Waals surface area contributed by atoms with Crippen molar-refractivity contribution in [3.8, 4) is 0 Å². The summed E-state index contributed by atoms with van der Waals surface area (Å²) in [5.74, 6) is 2.32. The Labute approximate surface area is 85.5 Å². The van der Waals surface area contributed by atoms with Crippen LogP contribution < -0.4 is 5.32 Å². The molecule has 2 atom stereocenters. The smallest absolute Gasteiger partial charge is 0.0621 e. The predicted octanol–water partition coefficient (Wildman–Crippen LogP) is 1.63. The lowest BCUT2D eigenvalue weighted by molar-refractivity contribution is 0.154. The molecule has 13 heavy (non-hydrogen) atoms. The van der Waals surface area contributed by atoms with Crippen molar-refractivity contribution in [2.45, 2.75) is 44.7 Å². The summed E-state index contributed by atoms with van der Waals surface area (Å²) in [5.41, 5.74) is 0.0122. The van der Waals surface area contributed by atoms with E-state index in [1.165, 1.54) is 12.2 Å². The SMILES string of the molecule is CCC(C)NC1(CO)CCCSC1. The standard InChI is InChI=1S/C10H21NOS/c1-3-9(2)11-10(7-12)5-4-6-13-8-10/h9,11-12H,3-8H2,1-2H3. The quantitative estimate of drug-likeness (QED) is 0.728. The summed E-state index contributed by atoms with van der Waals surface area (Å²) in [6, 6.07) is 0.519. The molecule has 0 saturated carbocycles. The van der Waals surface area contributed by atoms with E-state index in [0.29, 0.717) is 6.04 Å². The molecule has 1 saturated heterocycles. The fourth-order valence-electron chi connectivity index (χ4n) is 1.76. The normalized spacial score (nSPS) is 31.6. The Morgan fingerprint density at radius 3 is 2.85 bits per heavy atom. The van der Waals surface area contributed by atoms with Crippen molar-refractivity contribution in [1.82, 2.24) is 5.32 Å². The average molecular weight is 203 g/mol. The van der Waals surface area contributed by atoms with E-state index in [-0.39, 0.29) is 12.1 Å². The first-order chi connectivity index (χ1) is 6.22. The summed E-state index contributed by atoms with van der Waals surface area (Å²) in [6.45, 7) is 4.65. The maximum Gasteiger partial charge on any atom is 0.0621 e. The van der Waals surface area contributed by atoms with Gasteiger partial charge in [-0.1, -0.05) is 6.92 Å². The third-order valence-electron chi connectivity index (χ3n) is 2.79. The van der Waals surface area contributed by atoms with Crippen LogP contribution in [0.5, 0.6) is 0 Å². The molecule has 78 valence electrons. The number of hydrogen-bond donors (Lipinski definition) is 2. The third kappa shape index (κ3) is 3.15. The lowest BCUT2D eigenvalue weighted by atomic mass is 9.95. The van der Waals surface area contributed by atoms with Crippen LogP contribution in [0.2, 0.25) is 0 Å². The molecule has 0 aliphatic carbocycles. The van der Waals surface area contributed by atoms with Crippen molar-refractivity contribution in [2.75, 3.05) is 18.1 Å². The minimum atomic E-state index is 0.0122. The topological polar surface area (TPSA) is 32.3 Å². The second-order valence-corrected chi connectivity index (χ2v) is 5.15. The van der Waals surface area contributed by atoms with Gasteiger partial charge in [-0.25, -0.2) is 0 Å². The lowest BCUT2D eigenvalue weighted by Gasteiger charge is -2.38. The van der Waals surface area contributed by atoms with Crippen LogP contribution >= 0.6 is 11.8 Å². The van der Waals surface area contributed by atoms with Gasteiger partial charge in [-0.2, -0.15) is 11.8 Å². The van der Waals surface area contributed by atoms with Crippen molar-refractivity contribution in [3.05, 3.63) is 0 Å². The van der Waals surface area contributed by atoms with Gasteiger partial charge in [-0.05, 0) is 31.9 Å². The molecule has 1 rings (SSSR count). The van der Waals surface area contributed by atoms with Crippen molar-refractivity contribution < 1.29 is 5.11 Å². The zero-order valence-electron chi connectivity index (χ0n) is 8.68. The number of nitrogens with one attached hydrogen (secondary N) is 1. The molecule has 1 aliphatic rings. The summed E-state index contributed by atoms with van der Waals surface area (Å²) in [6.07, 6.45) is 3.49. The van der Waals surface area contributed by atoms with E-state index in [0.717, 1.165) is 18.6 Å². The number of thioether (sulfide) groups is 1. The molecule has 2 nitrogen and oxygen atoms in total. The van der Waals surface area contributed by atoms with Gasteiger partial charge < -0.3 is 10.4 Å².